The van der Waals surface area contributed by atoms with Gasteiger partial charge in [0.1, 0.15) is 0 Å². The molecular weight excluding hydrogens is 372 g/mol. The summed E-state index contributed by atoms with van der Waals surface area (Å²) in [6.45, 7) is 3.72. The van der Waals surface area contributed by atoms with E-state index in [1.165, 1.54) is 33.5 Å². The summed E-state index contributed by atoms with van der Waals surface area (Å²) < 4.78 is 27.0. The molecule has 148 valence electrons. The van der Waals surface area contributed by atoms with E-state index in [9.17, 15) is 23.3 Å². The molecule has 3 rings (SSSR count). The molecule has 2 aliphatic heterocycles. The zero-order chi connectivity index (χ0) is 19.6. The molecular formula is C17H25N4O5S+. The number of hydrogen-bond donors (Lipinski definition) is 1. The second-order valence-electron chi connectivity index (χ2n) is 7.19. The first kappa shape index (κ1) is 19.7. The number of nitrogens with zero attached hydrogens (tertiary/aromatic N) is 3. The lowest BCUT2D eigenvalue weighted by Gasteiger charge is -2.35. The molecule has 0 bridgehead atoms. The van der Waals surface area contributed by atoms with E-state index in [0.717, 1.165) is 26.2 Å². The number of piperazine rings is 1. The highest BCUT2D eigenvalue weighted by atomic mass is 32.2. The van der Waals surface area contributed by atoms with Crippen LogP contribution >= 0.6 is 0 Å². The zero-order valence-electron chi connectivity index (χ0n) is 15.3. The predicted molar refractivity (Wildman–Crippen MR) is 97.8 cm³/mol. The van der Waals surface area contributed by atoms with Crippen LogP contribution in [-0.4, -0.2) is 74.8 Å². The van der Waals surface area contributed by atoms with Crippen LogP contribution in [0.1, 0.15) is 12.8 Å². The minimum Gasteiger partial charge on any atom is -0.334 e. The molecule has 2 fully saturated rings. The highest BCUT2D eigenvalue weighted by molar-refractivity contribution is 7.89. The number of amides is 1. The molecule has 10 heteroatoms. The second-order valence-corrected chi connectivity index (χ2v) is 9.09. The van der Waals surface area contributed by atoms with Crippen molar-refractivity contribution in [3.8, 4) is 0 Å². The van der Waals surface area contributed by atoms with Crippen LogP contribution in [-0.2, 0) is 14.8 Å². The Morgan fingerprint density at radius 2 is 1.74 bits per heavy atom. The Balaban J connectivity index is 1.67. The Morgan fingerprint density at radius 1 is 1.15 bits per heavy atom. The molecule has 2 aliphatic rings. The zero-order valence-corrected chi connectivity index (χ0v) is 16.2. The van der Waals surface area contributed by atoms with Crippen molar-refractivity contribution >= 4 is 21.6 Å². The Bertz CT molecular complexity index is 812. The number of sulfonamides is 1. The topological polar surface area (TPSA) is 105 Å². The number of rotatable bonds is 4. The highest BCUT2D eigenvalue weighted by Crippen LogP contribution is 2.29. The fraction of sp³-hybridized carbons (Fsp3) is 0.588. The van der Waals surface area contributed by atoms with Crippen molar-refractivity contribution in [2.24, 2.45) is 5.92 Å². The van der Waals surface area contributed by atoms with Crippen molar-refractivity contribution in [2.75, 3.05) is 46.3 Å². The molecule has 1 amide bonds. The molecule has 0 unspecified atom stereocenters. The molecule has 0 atom stereocenters. The van der Waals surface area contributed by atoms with Crippen LogP contribution in [0, 0.1) is 16.0 Å². The number of benzene rings is 1. The van der Waals surface area contributed by atoms with E-state index in [1.54, 1.807) is 0 Å². The predicted octanol–water partition coefficient (Wildman–Crippen LogP) is -0.648. The maximum absolute atomic E-state index is 12.9. The van der Waals surface area contributed by atoms with Crippen molar-refractivity contribution in [3.63, 3.8) is 0 Å². The summed E-state index contributed by atoms with van der Waals surface area (Å²) in [6, 6.07) is 5.38. The Kier molecular flexibility index (Phi) is 5.78. The largest absolute Gasteiger partial charge is 0.334 e. The van der Waals surface area contributed by atoms with Gasteiger partial charge in [0.2, 0.25) is 15.9 Å². The molecule has 1 N–H and O–H groups in total. The number of nitro benzene ring substituents is 1. The lowest BCUT2D eigenvalue weighted by Crippen LogP contribution is -3.12. The molecule has 0 saturated carbocycles. The van der Waals surface area contributed by atoms with E-state index in [1.807, 2.05) is 4.90 Å². The first-order valence-electron chi connectivity index (χ1n) is 9.14. The summed E-state index contributed by atoms with van der Waals surface area (Å²) in [5.41, 5.74) is -0.421. The molecule has 0 aliphatic carbocycles. The minimum atomic E-state index is -3.96. The van der Waals surface area contributed by atoms with E-state index < -0.39 is 20.6 Å². The van der Waals surface area contributed by atoms with Gasteiger partial charge in [-0.25, -0.2) is 8.42 Å². The number of carbonyl (C=O) groups is 1. The molecule has 2 saturated heterocycles. The van der Waals surface area contributed by atoms with Gasteiger partial charge >= 0.3 is 0 Å². The van der Waals surface area contributed by atoms with Gasteiger partial charge < -0.3 is 9.80 Å². The van der Waals surface area contributed by atoms with Gasteiger partial charge in [0.15, 0.2) is 4.90 Å². The number of piperidine rings is 1. The molecule has 9 nitrogen and oxygen atoms in total. The summed E-state index contributed by atoms with van der Waals surface area (Å²) in [5.74, 6) is -0.0779. The number of nitro groups is 1. The van der Waals surface area contributed by atoms with E-state index in [0.29, 0.717) is 12.8 Å². The Morgan fingerprint density at radius 3 is 2.33 bits per heavy atom. The SMILES string of the molecule is C[NH+]1CCN(C(=O)C2CCN(S(=O)(=O)c3ccccc3[N+](=O)[O-])CC2)CC1. The fourth-order valence-corrected chi connectivity index (χ4v) is 5.30. The van der Waals surface area contributed by atoms with Crippen LogP contribution < -0.4 is 4.90 Å². The van der Waals surface area contributed by atoms with Gasteiger partial charge in [-0.05, 0) is 18.9 Å². The van der Waals surface area contributed by atoms with Gasteiger partial charge in [0.05, 0.1) is 38.2 Å². The third kappa shape index (κ3) is 4.12. The molecule has 1 aromatic rings. The van der Waals surface area contributed by atoms with E-state index >= 15 is 0 Å². The van der Waals surface area contributed by atoms with Gasteiger partial charge in [-0.1, -0.05) is 12.1 Å². The maximum Gasteiger partial charge on any atom is 0.289 e. The Labute approximate surface area is 158 Å². The van der Waals surface area contributed by atoms with E-state index in [2.05, 4.69) is 7.05 Å². The van der Waals surface area contributed by atoms with Crippen molar-refractivity contribution in [1.29, 1.82) is 0 Å². The van der Waals surface area contributed by atoms with Gasteiger partial charge in [-0.3, -0.25) is 14.9 Å². The van der Waals surface area contributed by atoms with E-state index in [-0.39, 0.29) is 29.8 Å². The summed E-state index contributed by atoms with van der Waals surface area (Å²) in [5, 5.41) is 11.2. The Hall–Kier alpha value is -2.04. The number of para-hydroxylation sites is 1. The van der Waals surface area contributed by atoms with E-state index in [4.69, 9.17) is 0 Å². The first-order chi connectivity index (χ1) is 12.8. The summed E-state index contributed by atoms with van der Waals surface area (Å²) in [6.07, 6.45) is 0.885. The van der Waals surface area contributed by atoms with Crippen LogP contribution in [0.25, 0.3) is 0 Å². The molecule has 0 radical (unpaired) electrons. The van der Waals surface area contributed by atoms with Crippen molar-refractivity contribution in [2.45, 2.75) is 17.7 Å². The number of carbonyl (C=O) groups excluding carboxylic acids is 1. The van der Waals surface area contributed by atoms with Crippen LogP contribution in [0.2, 0.25) is 0 Å². The summed E-state index contributed by atoms with van der Waals surface area (Å²) in [4.78, 5) is 26.2. The number of quaternary nitrogens is 1. The maximum atomic E-state index is 12.9. The number of hydrogen-bond acceptors (Lipinski definition) is 5. The van der Waals surface area contributed by atoms with Crippen molar-refractivity contribution < 1.29 is 23.0 Å². The highest BCUT2D eigenvalue weighted by Gasteiger charge is 2.37. The molecule has 27 heavy (non-hydrogen) atoms. The average molecular weight is 397 g/mol. The summed E-state index contributed by atoms with van der Waals surface area (Å²) >= 11 is 0. The standard InChI is InChI=1S/C17H24N4O5S/c1-18-10-12-19(13-11-18)17(22)14-6-8-20(9-7-14)27(25,26)16-5-3-2-4-15(16)21(23)24/h2-5,14H,6-13H2,1H3/p+1. The van der Waals surface area contributed by atoms with Gasteiger partial charge in [0.25, 0.3) is 5.69 Å². The van der Waals surface area contributed by atoms with Gasteiger partial charge in [-0.2, -0.15) is 4.31 Å². The monoisotopic (exact) mass is 397 g/mol. The molecule has 2 heterocycles. The van der Waals surface area contributed by atoms with Crippen LogP contribution in [0.4, 0.5) is 5.69 Å². The minimum absolute atomic E-state index is 0.102. The third-order valence-corrected chi connectivity index (χ3v) is 7.36. The normalized spacial score (nSPS) is 20.6. The lowest BCUT2D eigenvalue weighted by molar-refractivity contribution is -0.883. The number of likely N-dealkylation sites (N-methyl/N-ethyl adjacent to an activating group) is 1. The molecule has 1 aromatic carbocycles. The quantitative estimate of drug-likeness (QED) is 0.537. The number of nitrogens with one attached hydrogen (secondary N) is 1. The van der Waals surface area contributed by atoms with Gasteiger partial charge in [-0.15, -0.1) is 0 Å². The lowest BCUT2D eigenvalue weighted by atomic mass is 9.96. The first-order valence-corrected chi connectivity index (χ1v) is 10.6. The molecule has 0 spiro atoms. The van der Waals surface area contributed by atoms with Crippen molar-refractivity contribution in [1.82, 2.24) is 9.21 Å². The molecule has 0 aromatic heterocycles. The smallest absolute Gasteiger partial charge is 0.289 e. The van der Waals surface area contributed by atoms with Gasteiger partial charge in [0, 0.05) is 25.1 Å². The second kappa shape index (κ2) is 7.91. The van der Waals surface area contributed by atoms with Crippen LogP contribution in [0.5, 0.6) is 0 Å². The van der Waals surface area contributed by atoms with Crippen LogP contribution in [0.3, 0.4) is 0 Å². The third-order valence-electron chi connectivity index (χ3n) is 5.41. The van der Waals surface area contributed by atoms with Crippen LogP contribution in [0.15, 0.2) is 29.2 Å². The fourth-order valence-electron chi connectivity index (χ4n) is 3.68. The average Bonchev–Trinajstić information content (AvgIpc) is 2.68. The van der Waals surface area contributed by atoms with Crippen molar-refractivity contribution in [3.05, 3.63) is 34.4 Å². The summed E-state index contributed by atoms with van der Waals surface area (Å²) in [7, 11) is -1.85.